The van der Waals surface area contributed by atoms with Crippen LogP contribution in [-0.4, -0.2) is 35.0 Å². The predicted octanol–water partition coefficient (Wildman–Crippen LogP) is 3.30. The summed E-state index contributed by atoms with van der Waals surface area (Å²) < 4.78 is 27.4. The number of carbonyl (C=O) groups is 2. The van der Waals surface area contributed by atoms with Crippen LogP contribution in [0.2, 0.25) is 0 Å². The van der Waals surface area contributed by atoms with Crippen molar-refractivity contribution in [3.63, 3.8) is 0 Å². The fourth-order valence-corrected chi connectivity index (χ4v) is 3.35. The zero-order valence-electron chi connectivity index (χ0n) is 14.1. The summed E-state index contributed by atoms with van der Waals surface area (Å²) in [5.41, 5.74) is 0.947. The minimum Gasteiger partial charge on any atom is -0.478 e. The van der Waals surface area contributed by atoms with Crippen molar-refractivity contribution in [2.45, 2.75) is 19.3 Å². The highest BCUT2D eigenvalue weighted by Crippen LogP contribution is 2.23. The molecule has 1 amide bonds. The quantitative estimate of drug-likeness (QED) is 0.891. The Kier molecular flexibility index (Phi) is 5.30. The van der Waals surface area contributed by atoms with E-state index in [0.717, 1.165) is 24.1 Å². The fraction of sp³-hybridized carbons (Fsp3) is 0.300. The third-order valence-corrected chi connectivity index (χ3v) is 4.73. The maximum Gasteiger partial charge on any atom is 0.335 e. The molecule has 1 fully saturated rings. The number of likely N-dealkylation sites (tertiary alicyclic amines) is 1. The Balaban J connectivity index is 1.61. The number of carboxylic acid groups (broad SMARTS) is 1. The molecule has 0 spiro atoms. The Bertz CT molecular complexity index is 817. The molecule has 4 nitrogen and oxygen atoms in total. The SMILES string of the molecule is O=C(O)c1cccc(CC2CCN(C(=O)Cc3c(F)cccc3F)C2)c1. The Morgan fingerprint density at radius 3 is 2.50 bits per heavy atom. The summed E-state index contributed by atoms with van der Waals surface area (Å²) >= 11 is 0. The lowest BCUT2D eigenvalue weighted by molar-refractivity contribution is -0.129. The Morgan fingerprint density at radius 2 is 1.81 bits per heavy atom. The van der Waals surface area contributed by atoms with Crippen LogP contribution in [0.5, 0.6) is 0 Å². The van der Waals surface area contributed by atoms with Gasteiger partial charge in [0.05, 0.1) is 12.0 Å². The number of carbonyl (C=O) groups excluding carboxylic acids is 1. The van der Waals surface area contributed by atoms with Crippen molar-refractivity contribution in [3.8, 4) is 0 Å². The van der Waals surface area contributed by atoms with Gasteiger partial charge >= 0.3 is 5.97 Å². The van der Waals surface area contributed by atoms with Crippen LogP contribution in [-0.2, 0) is 17.6 Å². The smallest absolute Gasteiger partial charge is 0.335 e. The first-order valence-electron chi connectivity index (χ1n) is 8.47. The Labute approximate surface area is 150 Å². The van der Waals surface area contributed by atoms with Crippen LogP contribution >= 0.6 is 0 Å². The van der Waals surface area contributed by atoms with Crippen LogP contribution < -0.4 is 0 Å². The molecular weight excluding hydrogens is 340 g/mol. The Hall–Kier alpha value is -2.76. The molecule has 1 N–H and O–H groups in total. The van der Waals surface area contributed by atoms with Crippen LogP contribution in [0.25, 0.3) is 0 Å². The van der Waals surface area contributed by atoms with E-state index >= 15 is 0 Å². The molecule has 0 aromatic heterocycles. The molecule has 3 rings (SSSR count). The van der Waals surface area contributed by atoms with Crippen molar-refractivity contribution >= 4 is 11.9 Å². The molecule has 6 heteroatoms. The van der Waals surface area contributed by atoms with Crippen molar-refractivity contribution in [1.29, 1.82) is 0 Å². The van der Waals surface area contributed by atoms with E-state index in [1.165, 1.54) is 6.07 Å². The van der Waals surface area contributed by atoms with Gasteiger partial charge in [-0.1, -0.05) is 18.2 Å². The summed E-state index contributed by atoms with van der Waals surface area (Å²) in [7, 11) is 0. The van der Waals surface area contributed by atoms with Crippen LogP contribution in [0.4, 0.5) is 8.78 Å². The second-order valence-corrected chi connectivity index (χ2v) is 6.58. The topological polar surface area (TPSA) is 57.6 Å². The number of rotatable bonds is 5. The third kappa shape index (κ3) is 4.07. The highest BCUT2D eigenvalue weighted by molar-refractivity contribution is 5.87. The fourth-order valence-electron chi connectivity index (χ4n) is 3.35. The maximum absolute atomic E-state index is 13.7. The van der Waals surface area contributed by atoms with Gasteiger partial charge < -0.3 is 10.0 Å². The average molecular weight is 359 g/mol. The van der Waals surface area contributed by atoms with Gasteiger partial charge in [-0.15, -0.1) is 0 Å². The predicted molar refractivity (Wildman–Crippen MR) is 91.9 cm³/mol. The number of amides is 1. The number of benzene rings is 2. The minimum absolute atomic E-state index is 0.199. The molecular formula is C20H19F2NO3. The molecule has 1 saturated heterocycles. The van der Waals surface area contributed by atoms with E-state index in [0.29, 0.717) is 19.5 Å². The molecule has 2 aromatic rings. The zero-order valence-corrected chi connectivity index (χ0v) is 14.1. The lowest BCUT2D eigenvalue weighted by Gasteiger charge is -2.17. The van der Waals surface area contributed by atoms with Gasteiger partial charge in [0.25, 0.3) is 0 Å². The van der Waals surface area contributed by atoms with Gasteiger partial charge in [-0.3, -0.25) is 4.79 Å². The van der Waals surface area contributed by atoms with Crippen molar-refractivity contribution in [1.82, 2.24) is 4.90 Å². The summed E-state index contributed by atoms with van der Waals surface area (Å²) in [6.07, 6.45) is 1.15. The zero-order chi connectivity index (χ0) is 18.7. The molecule has 1 aliphatic heterocycles. The summed E-state index contributed by atoms with van der Waals surface area (Å²) in [5, 5.41) is 9.06. The van der Waals surface area contributed by atoms with Crippen LogP contribution in [0.15, 0.2) is 42.5 Å². The van der Waals surface area contributed by atoms with Gasteiger partial charge in [0.1, 0.15) is 11.6 Å². The number of carboxylic acids is 1. The Morgan fingerprint density at radius 1 is 1.12 bits per heavy atom. The second kappa shape index (κ2) is 7.64. The van der Waals surface area contributed by atoms with Gasteiger partial charge in [0.15, 0.2) is 0 Å². The standard InChI is InChI=1S/C20H19F2NO3/c21-17-5-2-6-18(22)16(17)11-19(24)23-8-7-14(12-23)9-13-3-1-4-15(10-13)20(25)26/h1-6,10,14H,7-9,11-12H2,(H,25,26). The third-order valence-electron chi connectivity index (χ3n) is 4.73. The van der Waals surface area contributed by atoms with Crippen LogP contribution in [0.3, 0.4) is 0 Å². The molecule has 1 aliphatic rings. The normalized spacial score (nSPS) is 16.7. The molecule has 0 saturated carbocycles. The van der Waals surface area contributed by atoms with Gasteiger partial charge in [0, 0.05) is 18.7 Å². The lowest BCUT2D eigenvalue weighted by atomic mass is 9.97. The molecule has 1 heterocycles. The van der Waals surface area contributed by atoms with Crippen molar-refractivity contribution < 1.29 is 23.5 Å². The van der Waals surface area contributed by atoms with Crippen LogP contribution in [0, 0.1) is 17.6 Å². The number of hydrogen-bond acceptors (Lipinski definition) is 2. The minimum atomic E-state index is -0.970. The first-order chi connectivity index (χ1) is 12.4. The lowest BCUT2D eigenvalue weighted by Crippen LogP contribution is -2.30. The van der Waals surface area contributed by atoms with Gasteiger partial charge in [-0.05, 0) is 48.6 Å². The molecule has 136 valence electrons. The summed E-state index contributed by atoms with van der Waals surface area (Å²) in [5.74, 6) is -2.48. The van der Waals surface area contributed by atoms with E-state index in [2.05, 4.69) is 0 Å². The van der Waals surface area contributed by atoms with Crippen molar-refractivity contribution in [2.24, 2.45) is 5.92 Å². The maximum atomic E-state index is 13.7. The largest absolute Gasteiger partial charge is 0.478 e. The highest BCUT2D eigenvalue weighted by Gasteiger charge is 2.27. The molecule has 2 aromatic carbocycles. The first-order valence-corrected chi connectivity index (χ1v) is 8.47. The van der Waals surface area contributed by atoms with Gasteiger partial charge in [-0.2, -0.15) is 0 Å². The molecule has 0 bridgehead atoms. The van der Waals surface area contributed by atoms with E-state index < -0.39 is 17.6 Å². The van der Waals surface area contributed by atoms with E-state index in [1.54, 1.807) is 23.1 Å². The number of nitrogens with zero attached hydrogens (tertiary/aromatic N) is 1. The number of hydrogen-bond donors (Lipinski definition) is 1. The summed E-state index contributed by atoms with van der Waals surface area (Å²) in [6, 6.07) is 10.3. The first kappa shape index (κ1) is 18.0. The van der Waals surface area contributed by atoms with Crippen molar-refractivity contribution in [3.05, 3.63) is 70.8 Å². The summed E-state index contributed by atoms with van der Waals surface area (Å²) in [4.78, 5) is 25.0. The van der Waals surface area contributed by atoms with E-state index in [4.69, 9.17) is 5.11 Å². The monoisotopic (exact) mass is 359 g/mol. The molecule has 26 heavy (non-hydrogen) atoms. The van der Waals surface area contributed by atoms with E-state index in [9.17, 15) is 18.4 Å². The van der Waals surface area contributed by atoms with Crippen molar-refractivity contribution in [2.75, 3.05) is 13.1 Å². The summed E-state index contributed by atoms with van der Waals surface area (Å²) in [6.45, 7) is 1.05. The number of aromatic carboxylic acids is 1. The number of halogens is 2. The van der Waals surface area contributed by atoms with E-state index in [1.807, 2.05) is 6.07 Å². The molecule has 1 atom stereocenters. The highest BCUT2D eigenvalue weighted by atomic mass is 19.1. The molecule has 0 aliphatic carbocycles. The van der Waals surface area contributed by atoms with Gasteiger partial charge in [-0.25, -0.2) is 13.6 Å². The molecule has 1 unspecified atom stereocenters. The van der Waals surface area contributed by atoms with Gasteiger partial charge in [0.2, 0.25) is 5.91 Å². The van der Waals surface area contributed by atoms with Crippen LogP contribution in [0.1, 0.15) is 27.9 Å². The van der Waals surface area contributed by atoms with E-state index in [-0.39, 0.29) is 29.4 Å². The molecule has 0 radical (unpaired) electrons. The second-order valence-electron chi connectivity index (χ2n) is 6.58. The average Bonchev–Trinajstić information content (AvgIpc) is 3.07.